The van der Waals surface area contributed by atoms with Crippen LogP contribution < -0.4 is 10.2 Å². The maximum Gasteiger partial charge on any atom is 0.139 e. The normalized spacial score (nSPS) is 12.4. The molecule has 0 saturated carbocycles. The predicted octanol–water partition coefficient (Wildman–Crippen LogP) is 4.20. The van der Waals surface area contributed by atoms with Gasteiger partial charge in [0.25, 0.3) is 0 Å². The Morgan fingerprint density at radius 1 is 1.30 bits per heavy atom. The van der Waals surface area contributed by atoms with Crippen molar-refractivity contribution >= 4 is 21.6 Å². The van der Waals surface area contributed by atoms with Gasteiger partial charge in [0.1, 0.15) is 5.76 Å². The predicted molar refractivity (Wildman–Crippen MR) is 87.3 cm³/mol. The summed E-state index contributed by atoms with van der Waals surface area (Å²) in [6, 6.07) is 10.5. The summed E-state index contributed by atoms with van der Waals surface area (Å²) in [7, 11) is 4.10. The molecular weight excluding hydrogens is 316 g/mol. The molecular formula is C16H21BrN2O. The van der Waals surface area contributed by atoms with Crippen LogP contribution in [0.3, 0.4) is 0 Å². The second-order valence-electron chi connectivity index (χ2n) is 5.01. The third kappa shape index (κ3) is 3.44. The highest BCUT2D eigenvalue weighted by molar-refractivity contribution is 9.10. The highest BCUT2D eigenvalue weighted by Gasteiger charge is 2.19. The summed E-state index contributed by atoms with van der Waals surface area (Å²) in [6.07, 6.45) is 2.80. The van der Waals surface area contributed by atoms with Crippen molar-refractivity contribution in [3.8, 4) is 0 Å². The molecule has 0 aliphatic heterocycles. The van der Waals surface area contributed by atoms with Crippen LogP contribution in [0.5, 0.6) is 0 Å². The summed E-state index contributed by atoms with van der Waals surface area (Å²) in [6.45, 7) is 3.11. The summed E-state index contributed by atoms with van der Waals surface area (Å²) in [5.74, 6) is 0.925. The Bertz CT molecular complexity index is 551. The molecule has 20 heavy (non-hydrogen) atoms. The van der Waals surface area contributed by atoms with Crippen LogP contribution in [-0.4, -0.2) is 20.6 Å². The van der Waals surface area contributed by atoms with Crippen LogP contribution in [0.15, 0.2) is 45.5 Å². The Morgan fingerprint density at radius 2 is 2.10 bits per heavy atom. The SMILES string of the molecule is CCCNC(c1cccc(N(C)C)c1)c1occc1Br. The van der Waals surface area contributed by atoms with Crippen molar-refractivity contribution in [1.29, 1.82) is 0 Å². The van der Waals surface area contributed by atoms with E-state index in [9.17, 15) is 0 Å². The van der Waals surface area contributed by atoms with Gasteiger partial charge in [-0.3, -0.25) is 0 Å². The van der Waals surface area contributed by atoms with E-state index in [0.717, 1.165) is 23.2 Å². The number of anilines is 1. The first-order valence-electron chi connectivity index (χ1n) is 6.87. The smallest absolute Gasteiger partial charge is 0.139 e. The minimum atomic E-state index is 0.0687. The van der Waals surface area contributed by atoms with E-state index in [-0.39, 0.29) is 6.04 Å². The highest BCUT2D eigenvalue weighted by atomic mass is 79.9. The zero-order chi connectivity index (χ0) is 14.5. The molecule has 1 atom stereocenters. The Morgan fingerprint density at radius 3 is 2.70 bits per heavy atom. The van der Waals surface area contributed by atoms with E-state index in [1.807, 2.05) is 6.07 Å². The number of nitrogens with one attached hydrogen (secondary N) is 1. The van der Waals surface area contributed by atoms with Gasteiger partial charge in [0.2, 0.25) is 0 Å². The average molecular weight is 337 g/mol. The van der Waals surface area contributed by atoms with Gasteiger partial charge in [-0.25, -0.2) is 0 Å². The number of halogens is 1. The fourth-order valence-electron chi connectivity index (χ4n) is 2.14. The minimum absolute atomic E-state index is 0.0687. The zero-order valence-electron chi connectivity index (χ0n) is 12.2. The lowest BCUT2D eigenvalue weighted by atomic mass is 10.0. The molecule has 1 aromatic carbocycles. The van der Waals surface area contributed by atoms with Crippen molar-refractivity contribution in [3.05, 3.63) is 52.4 Å². The molecule has 0 aliphatic rings. The summed E-state index contributed by atoms with van der Waals surface area (Å²) in [5.41, 5.74) is 2.40. The summed E-state index contributed by atoms with van der Waals surface area (Å²) >= 11 is 3.56. The van der Waals surface area contributed by atoms with Crippen LogP contribution >= 0.6 is 15.9 Å². The Balaban J connectivity index is 2.36. The van der Waals surface area contributed by atoms with Crippen molar-refractivity contribution in [1.82, 2.24) is 5.32 Å². The zero-order valence-corrected chi connectivity index (χ0v) is 13.8. The van der Waals surface area contributed by atoms with E-state index in [1.54, 1.807) is 6.26 Å². The molecule has 0 radical (unpaired) electrons. The Kier molecular flexibility index (Phi) is 5.26. The fraction of sp³-hybridized carbons (Fsp3) is 0.375. The van der Waals surface area contributed by atoms with E-state index in [4.69, 9.17) is 4.42 Å². The molecule has 0 aliphatic carbocycles. The number of hydrogen-bond donors (Lipinski definition) is 1. The molecule has 1 aromatic heterocycles. The van der Waals surface area contributed by atoms with Gasteiger partial charge in [0.15, 0.2) is 0 Å². The van der Waals surface area contributed by atoms with Crippen LogP contribution in [0.25, 0.3) is 0 Å². The van der Waals surface area contributed by atoms with Crippen molar-refractivity contribution in [2.75, 3.05) is 25.5 Å². The number of nitrogens with zero attached hydrogens (tertiary/aromatic N) is 1. The van der Waals surface area contributed by atoms with Crippen molar-refractivity contribution in [3.63, 3.8) is 0 Å². The van der Waals surface area contributed by atoms with Crippen LogP contribution in [0.4, 0.5) is 5.69 Å². The van der Waals surface area contributed by atoms with Gasteiger partial charge >= 0.3 is 0 Å². The molecule has 0 saturated heterocycles. The first-order chi connectivity index (χ1) is 9.63. The van der Waals surface area contributed by atoms with Gasteiger partial charge in [0, 0.05) is 19.8 Å². The van der Waals surface area contributed by atoms with E-state index < -0.39 is 0 Å². The Hall–Kier alpha value is -1.26. The molecule has 4 heteroatoms. The topological polar surface area (TPSA) is 28.4 Å². The van der Waals surface area contributed by atoms with Crippen molar-refractivity contribution < 1.29 is 4.42 Å². The number of hydrogen-bond acceptors (Lipinski definition) is 3. The quantitative estimate of drug-likeness (QED) is 0.856. The third-order valence-corrected chi connectivity index (χ3v) is 3.88. The standard InChI is InChI=1S/C16H21BrN2O/c1-4-9-18-15(16-14(17)8-10-20-16)12-6-5-7-13(11-12)19(2)3/h5-8,10-11,15,18H,4,9H2,1-3H3. The molecule has 108 valence electrons. The van der Waals surface area contributed by atoms with Gasteiger partial charge in [-0.15, -0.1) is 0 Å². The molecule has 1 heterocycles. The molecule has 0 bridgehead atoms. The summed E-state index contributed by atoms with van der Waals surface area (Å²) in [5, 5.41) is 3.55. The second kappa shape index (κ2) is 6.95. The van der Waals surface area contributed by atoms with E-state index in [0.29, 0.717) is 0 Å². The fourth-order valence-corrected chi connectivity index (χ4v) is 2.57. The number of rotatable bonds is 6. The van der Waals surface area contributed by atoms with E-state index >= 15 is 0 Å². The van der Waals surface area contributed by atoms with Gasteiger partial charge in [-0.05, 0) is 52.7 Å². The minimum Gasteiger partial charge on any atom is -0.466 e. The molecule has 0 amide bonds. The van der Waals surface area contributed by atoms with Gasteiger partial charge in [0.05, 0.1) is 16.8 Å². The second-order valence-corrected chi connectivity index (χ2v) is 5.86. The van der Waals surface area contributed by atoms with Crippen LogP contribution in [0, 0.1) is 0 Å². The first-order valence-corrected chi connectivity index (χ1v) is 7.66. The summed E-state index contributed by atoms with van der Waals surface area (Å²) in [4.78, 5) is 2.11. The van der Waals surface area contributed by atoms with Crippen molar-refractivity contribution in [2.45, 2.75) is 19.4 Å². The molecule has 2 rings (SSSR count). The highest BCUT2D eigenvalue weighted by Crippen LogP contribution is 2.31. The molecule has 3 nitrogen and oxygen atoms in total. The van der Waals surface area contributed by atoms with Gasteiger partial charge in [-0.1, -0.05) is 19.1 Å². The molecule has 1 N–H and O–H groups in total. The average Bonchev–Trinajstić information content (AvgIpc) is 2.86. The van der Waals surface area contributed by atoms with Crippen LogP contribution in [-0.2, 0) is 0 Å². The van der Waals surface area contributed by atoms with E-state index in [1.165, 1.54) is 11.3 Å². The molecule has 2 aromatic rings. The maximum absolute atomic E-state index is 5.66. The first kappa shape index (κ1) is 15.1. The van der Waals surface area contributed by atoms with E-state index in [2.05, 4.69) is 71.4 Å². The number of benzene rings is 1. The van der Waals surface area contributed by atoms with Crippen molar-refractivity contribution in [2.24, 2.45) is 0 Å². The lowest BCUT2D eigenvalue weighted by molar-refractivity contribution is 0.444. The molecule has 1 unspecified atom stereocenters. The third-order valence-electron chi connectivity index (χ3n) is 3.23. The Labute approximate surface area is 129 Å². The lowest BCUT2D eigenvalue weighted by Gasteiger charge is -2.20. The summed E-state index contributed by atoms with van der Waals surface area (Å²) < 4.78 is 6.66. The van der Waals surface area contributed by atoms with Gasteiger partial charge in [-0.2, -0.15) is 0 Å². The van der Waals surface area contributed by atoms with Crippen LogP contribution in [0.1, 0.15) is 30.7 Å². The molecule has 0 spiro atoms. The lowest BCUT2D eigenvalue weighted by Crippen LogP contribution is -2.23. The molecule has 0 fully saturated rings. The largest absolute Gasteiger partial charge is 0.466 e. The van der Waals surface area contributed by atoms with Crippen LogP contribution in [0.2, 0.25) is 0 Å². The maximum atomic E-state index is 5.66. The van der Waals surface area contributed by atoms with Gasteiger partial charge < -0.3 is 14.6 Å². The monoisotopic (exact) mass is 336 g/mol. The number of furan rings is 1.